The molecule has 2 aromatic carbocycles. The van der Waals surface area contributed by atoms with Crippen molar-refractivity contribution >= 4 is 0 Å². The average Bonchev–Trinajstić information content (AvgIpc) is 2.65. The topological polar surface area (TPSA) is 33.7 Å². The largest absolute Gasteiger partial charge is 0.493 e. The number of alkyl halides is 2. The van der Waals surface area contributed by atoms with E-state index in [2.05, 4.69) is 39.2 Å². The van der Waals surface area contributed by atoms with Crippen LogP contribution in [0.5, 0.6) is 11.5 Å². The number of methoxy groups -OCH3 is 1. The Labute approximate surface area is 152 Å². The molecule has 3 rings (SSSR count). The van der Waals surface area contributed by atoms with Crippen molar-refractivity contribution in [3.05, 3.63) is 59.2 Å². The molecule has 0 radical (unpaired) electrons. The third kappa shape index (κ3) is 4.71. The molecule has 0 saturated heterocycles. The van der Waals surface area contributed by atoms with Gasteiger partial charge in [-0.15, -0.1) is 0 Å². The Morgan fingerprint density at radius 1 is 1.12 bits per heavy atom. The zero-order valence-corrected chi connectivity index (χ0v) is 14.9. The highest BCUT2D eigenvalue weighted by Gasteiger charge is 2.16. The molecule has 26 heavy (non-hydrogen) atoms. The first-order chi connectivity index (χ1) is 12.7. The fourth-order valence-electron chi connectivity index (χ4n) is 3.29. The van der Waals surface area contributed by atoms with Gasteiger partial charge in [-0.3, -0.25) is 4.90 Å². The number of rotatable bonds is 8. The molecule has 0 bridgehead atoms. The van der Waals surface area contributed by atoms with E-state index in [0.29, 0.717) is 17.9 Å². The van der Waals surface area contributed by atoms with Gasteiger partial charge in [0.05, 0.1) is 7.11 Å². The Bertz CT molecular complexity index is 725. The van der Waals surface area contributed by atoms with Crippen LogP contribution < -0.4 is 14.8 Å². The summed E-state index contributed by atoms with van der Waals surface area (Å²) in [4.78, 5) is 2.40. The van der Waals surface area contributed by atoms with E-state index in [1.54, 1.807) is 18.2 Å². The lowest BCUT2D eigenvalue weighted by molar-refractivity contribution is -0.0518. The maximum absolute atomic E-state index is 12.7. The van der Waals surface area contributed by atoms with Crippen molar-refractivity contribution in [3.63, 3.8) is 0 Å². The molecular weight excluding hydrogens is 338 g/mol. The number of nitrogens with zero attached hydrogens (tertiary/aromatic N) is 1. The fraction of sp³-hybridized carbons (Fsp3) is 0.400. The van der Waals surface area contributed by atoms with Gasteiger partial charge in [0.25, 0.3) is 0 Å². The molecule has 0 fully saturated rings. The van der Waals surface area contributed by atoms with Gasteiger partial charge in [-0.05, 0) is 23.6 Å². The van der Waals surface area contributed by atoms with E-state index < -0.39 is 6.61 Å². The summed E-state index contributed by atoms with van der Waals surface area (Å²) in [5.41, 5.74) is 3.48. The van der Waals surface area contributed by atoms with Crippen molar-refractivity contribution in [2.75, 3.05) is 26.7 Å². The average molecular weight is 362 g/mol. The Morgan fingerprint density at radius 3 is 2.69 bits per heavy atom. The van der Waals surface area contributed by atoms with E-state index >= 15 is 0 Å². The molecule has 0 aliphatic carbocycles. The van der Waals surface area contributed by atoms with Gasteiger partial charge < -0.3 is 14.8 Å². The van der Waals surface area contributed by atoms with Crippen LogP contribution in [0, 0.1) is 0 Å². The standard InChI is InChI=1S/C20H24F2N2O2/c1-25-18-8-4-7-16(19(18)26-20(21)22)13-23-10-12-24-11-9-15-5-2-3-6-17(15)14-24/h2-8,20,23H,9-14H2,1H3. The second-order valence-electron chi connectivity index (χ2n) is 6.30. The Morgan fingerprint density at radius 2 is 1.92 bits per heavy atom. The van der Waals surface area contributed by atoms with E-state index in [0.717, 1.165) is 32.6 Å². The summed E-state index contributed by atoms with van der Waals surface area (Å²) in [6, 6.07) is 13.7. The third-order valence-electron chi connectivity index (χ3n) is 4.62. The van der Waals surface area contributed by atoms with Gasteiger partial charge in [0, 0.05) is 38.3 Å². The van der Waals surface area contributed by atoms with Crippen LogP contribution in [0.4, 0.5) is 8.78 Å². The molecule has 1 aliphatic heterocycles. The minimum absolute atomic E-state index is 0.101. The van der Waals surface area contributed by atoms with Gasteiger partial charge in [-0.2, -0.15) is 8.78 Å². The van der Waals surface area contributed by atoms with Crippen molar-refractivity contribution in [1.82, 2.24) is 10.2 Å². The third-order valence-corrected chi connectivity index (χ3v) is 4.62. The highest BCUT2D eigenvalue weighted by Crippen LogP contribution is 2.32. The SMILES string of the molecule is COc1cccc(CNCCN2CCc3ccccc3C2)c1OC(F)F. The molecule has 0 saturated carbocycles. The van der Waals surface area contributed by atoms with Crippen LogP contribution in [0.15, 0.2) is 42.5 Å². The molecular formula is C20H24F2N2O2. The molecule has 140 valence electrons. The summed E-state index contributed by atoms with van der Waals surface area (Å²) < 4.78 is 35.1. The summed E-state index contributed by atoms with van der Waals surface area (Å²) in [5.74, 6) is 0.418. The number of nitrogens with one attached hydrogen (secondary N) is 1. The molecule has 0 amide bonds. The summed E-state index contributed by atoms with van der Waals surface area (Å²) in [7, 11) is 1.44. The lowest BCUT2D eigenvalue weighted by Gasteiger charge is -2.28. The summed E-state index contributed by atoms with van der Waals surface area (Å²) in [6.07, 6.45) is 1.07. The predicted octanol–water partition coefficient (Wildman–Crippen LogP) is 3.44. The first-order valence-electron chi connectivity index (χ1n) is 8.78. The minimum Gasteiger partial charge on any atom is -0.493 e. The smallest absolute Gasteiger partial charge is 0.387 e. The normalized spacial score (nSPS) is 14.3. The number of benzene rings is 2. The molecule has 0 aromatic heterocycles. The van der Waals surface area contributed by atoms with Gasteiger partial charge in [-0.1, -0.05) is 36.4 Å². The van der Waals surface area contributed by atoms with Gasteiger partial charge >= 0.3 is 6.61 Å². The first kappa shape index (κ1) is 18.6. The maximum atomic E-state index is 12.7. The van der Waals surface area contributed by atoms with E-state index in [-0.39, 0.29) is 5.75 Å². The maximum Gasteiger partial charge on any atom is 0.387 e. The van der Waals surface area contributed by atoms with E-state index in [1.807, 2.05) is 0 Å². The lowest BCUT2D eigenvalue weighted by Crippen LogP contribution is -2.36. The zero-order valence-electron chi connectivity index (χ0n) is 14.9. The predicted molar refractivity (Wildman–Crippen MR) is 96.8 cm³/mol. The summed E-state index contributed by atoms with van der Waals surface area (Å²) in [6.45, 7) is 1.24. The summed E-state index contributed by atoms with van der Waals surface area (Å²) >= 11 is 0. The second-order valence-corrected chi connectivity index (χ2v) is 6.30. The van der Waals surface area contributed by atoms with Crippen molar-refractivity contribution in [2.24, 2.45) is 0 Å². The van der Waals surface area contributed by atoms with Crippen LogP contribution in [0.25, 0.3) is 0 Å². The van der Waals surface area contributed by atoms with Crippen molar-refractivity contribution < 1.29 is 18.3 Å². The van der Waals surface area contributed by atoms with Crippen molar-refractivity contribution in [1.29, 1.82) is 0 Å². The molecule has 1 aliphatic rings. The van der Waals surface area contributed by atoms with E-state index in [1.165, 1.54) is 18.2 Å². The summed E-state index contributed by atoms with van der Waals surface area (Å²) in [5, 5.41) is 3.32. The molecule has 0 unspecified atom stereocenters. The second kappa shape index (κ2) is 8.96. The fourth-order valence-corrected chi connectivity index (χ4v) is 3.29. The number of ether oxygens (including phenoxy) is 2. The van der Waals surface area contributed by atoms with Gasteiger partial charge in [0.15, 0.2) is 11.5 Å². The van der Waals surface area contributed by atoms with Crippen LogP contribution in [0.2, 0.25) is 0 Å². The first-order valence-corrected chi connectivity index (χ1v) is 8.78. The molecule has 0 atom stereocenters. The van der Waals surface area contributed by atoms with Gasteiger partial charge in [0.1, 0.15) is 0 Å². The number of fused-ring (bicyclic) bond motifs is 1. The van der Waals surface area contributed by atoms with Crippen molar-refractivity contribution in [3.8, 4) is 11.5 Å². The Hall–Kier alpha value is -2.18. The number of hydrogen-bond acceptors (Lipinski definition) is 4. The molecule has 0 spiro atoms. The zero-order chi connectivity index (χ0) is 18.4. The number of hydrogen-bond donors (Lipinski definition) is 1. The van der Waals surface area contributed by atoms with Crippen LogP contribution in [-0.4, -0.2) is 38.3 Å². The lowest BCUT2D eigenvalue weighted by atomic mass is 10.00. The Kier molecular flexibility index (Phi) is 6.41. The Balaban J connectivity index is 1.51. The molecule has 2 aromatic rings. The molecule has 6 heteroatoms. The van der Waals surface area contributed by atoms with Gasteiger partial charge in [-0.25, -0.2) is 0 Å². The highest BCUT2D eigenvalue weighted by molar-refractivity contribution is 5.46. The van der Waals surface area contributed by atoms with Crippen LogP contribution in [0.1, 0.15) is 16.7 Å². The number of para-hydroxylation sites is 1. The van der Waals surface area contributed by atoms with E-state index in [9.17, 15) is 8.78 Å². The van der Waals surface area contributed by atoms with Crippen LogP contribution >= 0.6 is 0 Å². The quantitative estimate of drug-likeness (QED) is 0.730. The van der Waals surface area contributed by atoms with E-state index in [4.69, 9.17) is 4.74 Å². The number of halogens is 2. The van der Waals surface area contributed by atoms with Crippen LogP contribution in [0.3, 0.4) is 0 Å². The molecule has 4 nitrogen and oxygen atoms in total. The monoisotopic (exact) mass is 362 g/mol. The molecule has 1 N–H and O–H groups in total. The van der Waals surface area contributed by atoms with Gasteiger partial charge in [0.2, 0.25) is 0 Å². The minimum atomic E-state index is -2.88. The molecule has 1 heterocycles. The van der Waals surface area contributed by atoms with Crippen LogP contribution in [-0.2, 0) is 19.5 Å². The highest BCUT2D eigenvalue weighted by atomic mass is 19.3. The van der Waals surface area contributed by atoms with Crippen molar-refractivity contribution in [2.45, 2.75) is 26.1 Å².